The van der Waals surface area contributed by atoms with E-state index in [-0.39, 0.29) is 12.5 Å². The molecule has 1 saturated heterocycles. The molecule has 2 fully saturated rings. The first kappa shape index (κ1) is 21.0. The molecule has 6 nitrogen and oxygen atoms in total. The molecule has 0 spiro atoms. The van der Waals surface area contributed by atoms with Crippen LogP contribution in [-0.4, -0.2) is 74.0 Å². The lowest BCUT2D eigenvalue weighted by Crippen LogP contribution is -2.49. The van der Waals surface area contributed by atoms with Gasteiger partial charge in [-0.1, -0.05) is 13.8 Å². The molecule has 2 aliphatic rings. The molecule has 150 valence electrons. The first-order chi connectivity index (χ1) is 12.5. The number of piperidine rings is 1. The molecule has 1 aliphatic carbocycles. The van der Waals surface area contributed by atoms with Crippen molar-refractivity contribution in [1.29, 1.82) is 0 Å². The average Bonchev–Trinajstić information content (AvgIpc) is 2.64. The summed E-state index contributed by atoms with van der Waals surface area (Å²) in [4.78, 5) is 20.6. The van der Waals surface area contributed by atoms with Crippen molar-refractivity contribution in [3.8, 4) is 0 Å². The summed E-state index contributed by atoms with van der Waals surface area (Å²) in [6.07, 6.45) is 8.66. The fourth-order valence-electron chi connectivity index (χ4n) is 3.86. The number of aliphatic imine (C=N–C) groups is 1. The highest BCUT2D eigenvalue weighted by Crippen LogP contribution is 2.27. The molecule has 1 amide bonds. The van der Waals surface area contributed by atoms with Crippen LogP contribution in [0.5, 0.6) is 0 Å². The molecular formula is C20H39N5O. The van der Waals surface area contributed by atoms with Crippen LogP contribution in [0.4, 0.5) is 0 Å². The molecule has 1 aliphatic heterocycles. The Kier molecular flexibility index (Phi) is 8.69. The number of hydrogen-bond donors (Lipinski definition) is 2. The van der Waals surface area contributed by atoms with E-state index in [4.69, 9.17) is 0 Å². The average molecular weight is 366 g/mol. The number of nitrogens with one attached hydrogen (secondary N) is 2. The normalized spacial score (nSPS) is 25.8. The zero-order valence-electron chi connectivity index (χ0n) is 17.3. The van der Waals surface area contributed by atoms with E-state index in [1.54, 1.807) is 19.0 Å². The lowest BCUT2D eigenvalue weighted by atomic mass is 9.88. The monoisotopic (exact) mass is 365 g/mol. The molecule has 0 aromatic rings. The van der Waals surface area contributed by atoms with Gasteiger partial charge in [-0.05, 0) is 64.0 Å². The number of likely N-dealkylation sites (N-methyl/N-ethyl adjacent to an activating group) is 1. The largest absolute Gasteiger partial charge is 0.356 e. The number of carbonyl (C=O) groups is 1. The van der Waals surface area contributed by atoms with E-state index in [1.807, 2.05) is 0 Å². The van der Waals surface area contributed by atoms with E-state index in [1.165, 1.54) is 51.6 Å². The van der Waals surface area contributed by atoms with E-state index in [9.17, 15) is 4.79 Å². The van der Waals surface area contributed by atoms with Crippen molar-refractivity contribution in [3.63, 3.8) is 0 Å². The van der Waals surface area contributed by atoms with Crippen LogP contribution in [0.3, 0.4) is 0 Å². The third-order valence-electron chi connectivity index (χ3n) is 5.79. The molecule has 6 heteroatoms. The Labute approximate surface area is 159 Å². The maximum Gasteiger partial charge on any atom is 0.243 e. The summed E-state index contributed by atoms with van der Waals surface area (Å²) < 4.78 is 0. The molecule has 26 heavy (non-hydrogen) atoms. The summed E-state index contributed by atoms with van der Waals surface area (Å²) in [6.45, 7) is 8.16. The SMILES string of the molecule is CCCNC(=NCC(=O)N(C)C)NC1CCC(N2CCC(C)CC2)CC1. The van der Waals surface area contributed by atoms with Crippen molar-refractivity contribution in [3.05, 3.63) is 0 Å². The van der Waals surface area contributed by atoms with Crippen LogP contribution in [0.25, 0.3) is 0 Å². The summed E-state index contributed by atoms with van der Waals surface area (Å²) in [6, 6.07) is 1.23. The predicted molar refractivity (Wildman–Crippen MR) is 108 cm³/mol. The molecule has 0 aromatic carbocycles. The van der Waals surface area contributed by atoms with Gasteiger partial charge < -0.3 is 20.4 Å². The minimum Gasteiger partial charge on any atom is -0.356 e. The fraction of sp³-hybridized carbons (Fsp3) is 0.900. The maximum atomic E-state index is 11.8. The van der Waals surface area contributed by atoms with E-state index in [0.29, 0.717) is 6.04 Å². The second kappa shape index (κ2) is 10.8. The fourth-order valence-corrected chi connectivity index (χ4v) is 3.86. The molecule has 2 N–H and O–H groups in total. The second-order valence-electron chi connectivity index (χ2n) is 8.25. The van der Waals surface area contributed by atoms with Crippen LogP contribution in [0.1, 0.15) is 58.8 Å². The minimum atomic E-state index is 0.0330. The number of nitrogens with zero attached hydrogens (tertiary/aromatic N) is 3. The first-order valence-corrected chi connectivity index (χ1v) is 10.5. The summed E-state index contributed by atoms with van der Waals surface area (Å²) in [5.74, 6) is 1.72. The summed E-state index contributed by atoms with van der Waals surface area (Å²) in [7, 11) is 3.54. The lowest BCUT2D eigenvalue weighted by Gasteiger charge is -2.40. The number of hydrogen-bond acceptors (Lipinski definition) is 3. The Morgan fingerprint density at radius 2 is 1.77 bits per heavy atom. The van der Waals surface area contributed by atoms with Crippen molar-refractivity contribution in [2.75, 3.05) is 40.3 Å². The van der Waals surface area contributed by atoms with E-state index >= 15 is 0 Å². The highest BCUT2D eigenvalue weighted by molar-refractivity contribution is 5.84. The van der Waals surface area contributed by atoms with Crippen molar-refractivity contribution in [2.45, 2.75) is 70.9 Å². The molecule has 0 bridgehead atoms. The number of rotatable bonds is 6. The van der Waals surface area contributed by atoms with Crippen molar-refractivity contribution in [2.24, 2.45) is 10.9 Å². The van der Waals surface area contributed by atoms with Crippen LogP contribution >= 0.6 is 0 Å². The molecule has 0 radical (unpaired) electrons. The second-order valence-corrected chi connectivity index (χ2v) is 8.25. The molecule has 0 aromatic heterocycles. The highest BCUT2D eigenvalue weighted by Gasteiger charge is 2.28. The topological polar surface area (TPSA) is 60.0 Å². The Balaban J connectivity index is 1.80. The van der Waals surface area contributed by atoms with Gasteiger partial charge in [0.15, 0.2) is 5.96 Å². The van der Waals surface area contributed by atoms with Crippen LogP contribution in [0.2, 0.25) is 0 Å². The Morgan fingerprint density at radius 1 is 1.12 bits per heavy atom. The van der Waals surface area contributed by atoms with Crippen molar-refractivity contribution >= 4 is 11.9 Å². The van der Waals surface area contributed by atoms with Crippen LogP contribution in [0, 0.1) is 5.92 Å². The maximum absolute atomic E-state index is 11.8. The smallest absolute Gasteiger partial charge is 0.243 e. The van der Waals surface area contributed by atoms with Crippen molar-refractivity contribution < 1.29 is 4.79 Å². The molecule has 2 rings (SSSR count). The third-order valence-corrected chi connectivity index (χ3v) is 5.79. The Bertz CT molecular complexity index is 449. The van der Waals surface area contributed by atoms with Gasteiger partial charge in [-0.15, -0.1) is 0 Å². The van der Waals surface area contributed by atoms with Gasteiger partial charge in [-0.3, -0.25) is 4.79 Å². The predicted octanol–water partition coefficient (Wildman–Crippen LogP) is 2.06. The van der Waals surface area contributed by atoms with Crippen LogP contribution < -0.4 is 10.6 Å². The summed E-state index contributed by atoms with van der Waals surface area (Å²) in [5.41, 5.74) is 0. The first-order valence-electron chi connectivity index (χ1n) is 10.5. The van der Waals surface area contributed by atoms with Gasteiger partial charge in [0.1, 0.15) is 6.54 Å². The Hall–Kier alpha value is -1.30. The number of guanidine groups is 1. The van der Waals surface area contributed by atoms with E-state index in [0.717, 1.165) is 30.9 Å². The van der Waals surface area contributed by atoms with Crippen molar-refractivity contribution in [1.82, 2.24) is 20.4 Å². The van der Waals surface area contributed by atoms with Gasteiger partial charge >= 0.3 is 0 Å². The van der Waals surface area contributed by atoms with Gasteiger partial charge in [-0.25, -0.2) is 4.99 Å². The molecule has 1 saturated carbocycles. The van der Waals surface area contributed by atoms with Crippen LogP contribution in [0.15, 0.2) is 4.99 Å². The molecular weight excluding hydrogens is 326 g/mol. The number of amides is 1. The standard InChI is InChI=1S/C20H39N5O/c1-5-12-21-20(22-15-19(26)24(3)4)23-17-6-8-18(9-7-17)25-13-10-16(2)11-14-25/h16-18H,5-15H2,1-4H3,(H2,21,22,23). The highest BCUT2D eigenvalue weighted by atomic mass is 16.2. The quantitative estimate of drug-likeness (QED) is 0.559. The Morgan fingerprint density at radius 3 is 2.35 bits per heavy atom. The number of carbonyl (C=O) groups excluding carboxylic acids is 1. The van der Waals surface area contributed by atoms with Gasteiger partial charge in [0.2, 0.25) is 5.91 Å². The lowest BCUT2D eigenvalue weighted by molar-refractivity contribution is -0.127. The summed E-state index contributed by atoms with van der Waals surface area (Å²) >= 11 is 0. The minimum absolute atomic E-state index is 0.0330. The van der Waals surface area contributed by atoms with E-state index < -0.39 is 0 Å². The van der Waals surface area contributed by atoms with Crippen LogP contribution in [-0.2, 0) is 4.79 Å². The zero-order valence-corrected chi connectivity index (χ0v) is 17.3. The van der Waals surface area contributed by atoms with E-state index in [2.05, 4.69) is 34.4 Å². The zero-order chi connectivity index (χ0) is 18.9. The molecule has 1 heterocycles. The van der Waals surface area contributed by atoms with Gasteiger partial charge in [0, 0.05) is 32.7 Å². The van der Waals surface area contributed by atoms with Gasteiger partial charge in [-0.2, -0.15) is 0 Å². The van der Waals surface area contributed by atoms with Gasteiger partial charge in [0.25, 0.3) is 0 Å². The summed E-state index contributed by atoms with van der Waals surface area (Å²) in [5, 5.41) is 6.91. The van der Waals surface area contributed by atoms with Gasteiger partial charge in [0.05, 0.1) is 0 Å². The molecule has 0 atom stereocenters. The molecule has 0 unspecified atom stereocenters. The third kappa shape index (κ3) is 6.78. The number of likely N-dealkylation sites (tertiary alicyclic amines) is 1.